The van der Waals surface area contributed by atoms with Gasteiger partial charge in [-0.05, 0) is 32.1 Å². The summed E-state index contributed by atoms with van der Waals surface area (Å²) in [5.74, 6) is 1.06. The Morgan fingerprint density at radius 1 is 1.12 bits per heavy atom. The Balaban J connectivity index is 2.02. The predicted molar refractivity (Wildman–Crippen MR) is 72.8 cm³/mol. The molecule has 0 aromatic heterocycles. The average Bonchev–Trinajstić information content (AvgIpc) is 3.07. The van der Waals surface area contributed by atoms with Crippen molar-refractivity contribution < 1.29 is 0 Å². The standard InChI is InChI=1S/C15H31N/c1-4-6-7-8-9-13(3)16-15(5-2)12-14-10-11-14/h13-16H,4-12H2,1-3H3. The lowest BCUT2D eigenvalue weighted by molar-refractivity contribution is 0.378. The minimum absolute atomic E-state index is 0.723. The van der Waals surface area contributed by atoms with Crippen LogP contribution in [0, 0.1) is 5.92 Å². The van der Waals surface area contributed by atoms with Crippen molar-refractivity contribution in [3.05, 3.63) is 0 Å². The topological polar surface area (TPSA) is 12.0 Å². The van der Waals surface area contributed by atoms with E-state index in [9.17, 15) is 0 Å². The second-order valence-electron chi connectivity index (χ2n) is 5.70. The van der Waals surface area contributed by atoms with Gasteiger partial charge < -0.3 is 5.32 Å². The van der Waals surface area contributed by atoms with E-state index in [0.29, 0.717) is 0 Å². The highest BCUT2D eigenvalue weighted by Gasteiger charge is 2.25. The summed E-state index contributed by atoms with van der Waals surface area (Å²) in [4.78, 5) is 0. The highest BCUT2D eigenvalue weighted by Crippen LogP contribution is 2.34. The number of hydrogen-bond acceptors (Lipinski definition) is 1. The van der Waals surface area contributed by atoms with Crippen LogP contribution in [-0.2, 0) is 0 Å². The lowest BCUT2D eigenvalue weighted by Crippen LogP contribution is -2.36. The van der Waals surface area contributed by atoms with Gasteiger partial charge in [0, 0.05) is 12.1 Å². The van der Waals surface area contributed by atoms with Gasteiger partial charge in [-0.1, -0.05) is 52.4 Å². The first kappa shape index (κ1) is 14.0. The van der Waals surface area contributed by atoms with Crippen LogP contribution in [0.4, 0.5) is 0 Å². The molecule has 1 nitrogen and oxygen atoms in total. The van der Waals surface area contributed by atoms with Crippen molar-refractivity contribution in [1.82, 2.24) is 5.32 Å². The van der Waals surface area contributed by atoms with Crippen LogP contribution in [0.2, 0.25) is 0 Å². The molecule has 0 heterocycles. The van der Waals surface area contributed by atoms with Gasteiger partial charge in [0.1, 0.15) is 0 Å². The molecular weight excluding hydrogens is 194 g/mol. The fourth-order valence-electron chi connectivity index (χ4n) is 2.47. The SMILES string of the molecule is CCCCCCC(C)NC(CC)CC1CC1. The maximum atomic E-state index is 3.81. The van der Waals surface area contributed by atoms with Crippen molar-refractivity contribution in [3.8, 4) is 0 Å². The summed E-state index contributed by atoms with van der Waals surface area (Å²) in [5.41, 5.74) is 0. The molecule has 1 aliphatic rings. The van der Waals surface area contributed by atoms with E-state index in [1.54, 1.807) is 0 Å². The average molecular weight is 225 g/mol. The Morgan fingerprint density at radius 2 is 1.88 bits per heavy atom. The van der Waals surface area contributed by atoms with Crippen LogP contribution in [0.5, 0.6) is 0 Å². The van der Waals surface area contributed by atoms with Gasteiger partial charge in [0.2, 0.25) is 0 Å². The van der Waals surface area contributed by atoms with Crippen molar-refractivity contribution in [2.45, 2.75) is 90.6 Å². The van der Waals surface area contributed by atoms with E-state index in [0.717, 1.165) is 18.0 Å². The highest BCUT2D eigenvalue weighted by molar-refractivity contribution is 4.80. The summed E-state index contributed by atoms with van der Waals surface area (Å²) in [6.07, 6.45) is 12.6. The zero-order chi connectivity index (χ0) is 11.8. The quantitative estimate of drug-likeness (QED) is 0.539. The summed E-state index contributed by atoms with van der Waals surface area (Å²) in [6.45, 7) is 6.97. The molecule has 1 fully saturated rings. The molecule has 16 heavy (non-hydrogen) atoms. The number of rotatable bonds is 10. The van der Waals surface area contributed by atoms with E-state index < -0.39 is 0 Å². The molecule has 0 amide bonds. The summed E-state index contributed by atoms with van der Waals surface area (Å²) >= 11 is 0. The summed E-state index contributed by atoms with van der Waals surface area (Å²) < 4.78 is 0. The van der Waals surface area contributed by atoms with Crippen molar-refractivity contribution in [1.29, 1.82) is 0 Å². The van der Waals surface area contributed by atoms with Gasteiger partial charge in [-0.2, -0.15) is 0 Å². The Labute approximate surface area is 102 Å². The van der Waals surface area contributed by atoms with Gasteiger partial charge in [-0.25, -0.2) is 0 Å². The second-order valence-corrected chi connectivity index (χ2v) is 5.70. The molecule has 0 spiro atoms. The van der Waals surface area contributed by atoms with Gasteiger partial charge in [-0.3, -0.25) is 0 Å². The maximum absolute atomic E-state index is 3.81. The molecule has 0 radical (unpaired) electrons. The number of hydrogen-bond donors (Lipinski definition) is 1. The third-order valence-corrected chi connectivity index (χ3v) is 3.82. The van der Waals surface area contributed by atoms with E-state index in [1.807, 2.05) is 0 Å². The Kier molecular flexibility index (Phi) is 7.11. The first-order valence-corrected chi connectivity index (χ1v) is 7.52. The summed E-state index contributed by atoms with van der Waals surface area (Å²) in [6, 6.07) is 1.51. The van der Waals surface area contributed by atoms with Crippen molar-refractivity contribution in [3.63, 3.8) is 0 Å². The summed E-state index contributed by atoms with van der Waals surface area (Å²) in [7, 11) is 0. The van der Waals surface area contributed by atoms with Gasteiger partial charge >= 0.3 is 0 Å². The molecule has 1 saturated carbocycles. The van der Waals surface area contributed by atoms with Crippen molar-refractivity contribution >= 4 is 0 Å². The van der Waals surface area contributed by atoms with Crippen LogP contribution < -0.4 is 5.32 Å². The zero-order valence-electron chi connectivity index (χ0n) is 11.6. The molecule has 0 aromatic carbocycles. The van der Waals surface area contributed by atoms with Gasteiger partial charge in [0.15, 0.2) is 0 Å². The van der Waals surface area contributed by atoms with Crippen LogP contribution in [0.1, 0.15) is 78.6 Å². The maximum Gasteiger partial charge on any atom is 0.00695 e. The molecule has 2 unspecified atom stereocenters. The van der Waals surface area contributed by atoms with Gasteiger partial charge in [-0.15, -0.1) is 0 Å². The zero-order valence-corrected chi connectivity index (χ0v) is 11.6. The lowest BCUT2D eigenvalue weighted by atomic mass is 10.0. The minimum atomic E-state index is 0.723. The fourth-order valence-corrected chi connectivity index (χ4v) is 2.47. The molecule has 1 N–H and O–H groups in total. The van der Waals surface area contributed by atoms with E-state index in [1.165, 1.54) is 57.8 Å². The van der Waals surface area contributed by atoms with Crippen LogP contribution in [0.25, 0.3) is 0 Å². The molecule has 0 aliphatic heterocycles. The van der Waals surface area contributed by atoms with Crippen LogP contribution >= 0.6 is 0 Å². The molecule has 0 bridgehead atoms. The third-order valence-electron chi connectivity index (χ3n) is 3.82. The van der Waals surface area contributed by atoms with Crippen LogP contribution in [-0.4, -0.2) is 12.1 Å². The van der Waals surface area contributed by atoms with E-state index in [4.69, 9.17) is 0 Å². The molecule has 1 rings (SSSR count). The molecular formula is C15H31N. The third kappa shape index (κ3) is 6.52. The highest BCUT2D eigenvalue weighted by atomic mass is 14.9. The largest absolute Gasteiger partial charge is 0.312 e. The lowest BCUT2D eigenvalue weighted by Gasteiger charge is -2.22. The van der Waals surface area contributed by atoms with Gasteiger partial charge in [0.25, 0.3) is 0 Å². The second kappa shape index (κ2) is 8.11. The van der Waals surface area contributed by atoms with Crippen molar-refractivity contribution in [2.75, 3.05) is 0 Å². The monoisotopic (exact) mass is 225 g/mol. The van der Waals surface area contributed by atoms with Crippen LogP contribution in [0.15, 0.2) is 0 Å². The molecule has 2 atom stereocenters. The number of unbranched alkanes of at least 4 members (excludes halogenated alkanes) is 3. The molecule has 0 saturated heterocycles. The Morgan fingerprint density at radius 3 is 2.44 bits per heavy atom. The fraction of sp³-hybridized carbons (Fsp3) is 1.00. The molecule has 96 valence electrons. The first-order chi connectivity index (χ1) is 7.76. The number of nitrogens with one attached hydrogen (secondary N) is 1. The van der Waals surface area contributed by atoms with E-state index in [2.05, 4.69) is 26.1 Å². The van der Waals surface area contributed by atoms with E-state index in [-0.39, 0.29) is 0 Å². The smallest absolute Gasteiger partial charge is 0.00695 e. The van der Waals surface area contributed by atoms with Crippen LogP contribution in [0.3, 0.4) is 0 Å². The van der Waals surface area contributed by atoms with Gasteiger partial charge in [0.05, 0.1) is 0 Å². The summed E-state index contributed by atoms with van der Waals surface area (Å²) in [5, 5.41) is 3.81. The molecule has 1 aliphatic carbocycles. The normalized spacial score (nSPS) is 19.7. The minimum Gasteiger partial charge on any atom is -0.312 e. The Bertz CT molecular complexity index is 163. The van der Waals surface area contributed by atoms with E-state index >= 15 is 0 Å². The Hall–Kier alpha value is -0.0400. The van der Waals surface area contributed by atoms with Crippen molar-refractivity contribution in [2.24, 2.45) is 5.92 Å². The predicted octanol–water partition coefficient (Wildman–Crippen LogP) is 4.51. The first-order valence-electron chi connectivity index (χ1n) is 7.52. The molecule has 1 heteroatoms. The molecule has 0 aromatic rings.